The monoisotopic (exact) mass is 213 g/mol. The zero-order chi connectivity index (χ0) is 8.27. The van der Waals surface area contributed by atoms with Crippen LogP contribution in [0.1, 0.15) is 12.8 Å². The first-order valence-electron chi connectivity index (χ1n) is 3.17. The summed E-state index contributed by atoms with van der Waals surface area (Å²) in [6.07, 6.45) is 0. The van der Waals surface area contributed by atoms with Gasteiger partial charge in [-0.3, -0.25) is 4.57 Å². The standard InChI is InChI=1S/C7H9O3P.H3N.Na/c8-7(11(9)10)6-4-2-1-3-5-6;;/h1-5,7-8,11H,(H,9,10);1H3;/q;;+1/p+1. The van der Waals surface area contributed by atoms with Crippen LogP contribution >= 0.6 is 8.03 Å². The maximum absolute atomic E-state index is 10.4. The zero-order valence-electron chi connectivity index (χ0n) is 8.47. The van der Waals surface area contributed by atoms with Crippen molar-refractivity contribution in [3.8, 4) is 0 Å². The van der Waals surface area contributed by atoms with Crippen LogP contribution < -0.4 is 35.7 Å². The molecule has 2 unspecified atom stereocenters. The van der Waals surface area contributed by atoms with Crippen molar-refractivity contribution in [3.05, 3.63) is 35.9 Å². The average molecular weight is 213 g/mol. The van der Waals surface area contributed by atoms with E-state index in [0.717, 1.165) is 0 Å². The Hall–Kier alpha value is 0.330. The topological polar surface area (TPSA) is 92.5 Å². The number of hydrogen-bond acceptors (Lipinski definition) is 3. The Labute approximate surface area is 101 Å². The summed E-state index contributed by atoms with van der Waals surface area (Å²) in [4.78, 5) is 8.57. The quantitative estimate of drug-likeness (QED) is 0.408. The summed E-state index contributed by atoms with van der Waals surface area (Å²) in [6.45, 7) is 0. The van der Waals surface area contributed by atoms with Crippen molar-refractivity contribution in [2.24, 2.45) is 0 Å². The molecule has 0 heterocycles. The second-order valence-electron chi connectivity index (χ2n) is 2.15. The van der Waals surface area contributed by atoms with Gasteiger partial charge in [-0.2, -0.15) is 0 Å². The van der Waals surface area contributed by atoms with E-state index in [-0.39, 0.29) is 37.1 Å². The third kappa shape index (κ3) is 4.93. The molecule has 0 aliphatic heterocycles. The smallest absolute Gasteiger partial charge is 0.378 e. The summed E-state index contributed by atoms with van der Waals surface area (Å²) < 4.78 is 10.4. The van der Waals surface area contributed by atoms with Crippen LogP contribution in [-0.2, 0) is 4.57 Å². The summed E-state index contributed by atoms with van der Waals surface area (Å²) in [5.74, 6) is -1.22. The van der Waals surface area contributed by atoms with E-state index >= 15 is 0 Å². The van der Waals surface area contributed by atoms with Crippen molar-refractivity contribution in [1.29, 1.82) is 0 Å². The van der Waals surface area contributed by atoms with E-state index in [0.29, 0.717) is 5.56 Å². The second-order valence-corrected chi connectivity index (χ2v) is 3.37. The second kappa shape index (κ2) is 7.71. The van der Waals surface area contributed by atoms with Crippen molar-refractivity contribution in [2.45, 2.75) is 5.85 Å². The predicted molar refractivity (Wildman–Crippen MR) is 48.8 cm³/mol. The molecule has 1 rings (SSSR count). The summed E-state index contributed by atoms with van der Waals surface area (Å²) in [5, 5.41) is 9.08. The Morgan fingerprint density at radius 2 is 1.77 bits per heavy atom. The number of hydrogen-bond donors (Lipinski definition) is 3. The van der Waals surface area contributed by atoms with E-state index in [2.05, 4.69) is 0 Å². The molecular weight excluding hydrogens is 200 g/mol. The van der Waals surface area contributed by atoms with Crippen LogP contribution in [0.15, 0.2) is 30.3 Å². The molecule has 13 heavy (non-hydrogen) atoms. The Bertz CT molecular complexity index is 262. The van der Waals surface area contributed by atoms with Crippen molar-refractivity contribution < 1.29 is 45.5 Å². The Morgan fingerprint density at radius 1 is 1.31 bits per heavy atom. The average Bonchev–Trinajstić information content (AvgIpc) is 2.05. The van der Waals surface area contributed by atoms with Crippen LogP contribution in [0.3, 0.4) is 0 Å². The van der Waals surface area contributed by atoms with Gasteiger partial charge in [0.25, 0.3) is 0 Å². The molecule has 0 saturated carbocycles. The first-order valence-corrected chi connectivity index (χ1v) is 4.61. The number of aliphatic hydroxyl groups is 1. The van der Waals surface area contributed by atoms with Crippen molar-refractivity contribution in [2.75, 3.05) is 0 Å². The van der Waals surface area contributed by atoms with Crippen LogP contribution in [0.2, 0.25) is 0 Å². The van der Waals surface area contributed by atoms with Crippen molar-refractivity contribution >= 4 is 8.03 Å². The van der Waals surface area contributed by atoms with Gasteiger partial charge in [-0.15, -0.1) is 0 Å². The summed E-state index contributed by atoms with van der Waals surface area (Å²) in [6, 6.07) is 8.43. The van der Waals surface area contributed by atoms with Gasteiger partial charge in [-0.1, -0.05) is 30.3 Å². The fourth-order valence-electron chi connectivity index (χ4n) is 0.778. The van der Waals surface area contributed by atoms with Gasteiger partial charge in [0.2, 0.25) is 8.03 Å². The van der Waals surface area contributed by atoms with E-state index in [4.69, 9.17) is 10.00 Å². The molecule has 5 N–H and O–H groups in total. The first kappa shape index (κ1) is 15.8. The Morgan fingerprint density at radius 3 is 2.15 bits per heavy atom. The molecule has 6 heteroatoms. The van der Waals surface area contributed by atoms with E-state index in [9.17, 15) is 4.57 Å². The Kier molecular flexibility index (Phi) is 9.36. The molecule has 0 radical (unpaired) electrons. The van der Waals surface area contributed by atoms with E-state index < -0.39 is 13.9 Å². The normalized spacial score (nSPS) is 13.4. The van der Waals surface area contributed by atoms with Crippen LogP contribution in [0.5, 0.6) is 0 Å². The summed E-state index contributed by atoms with van der Waals surface area (Å²) >= 11 is 0. The molecule has 4 nitrogen and oxygen atoms in total. The molecular formula is C7H13NNaO3P+2. The van der Waals surface area contributed by atoms with Crippen LogP contribution in [-0.4, -0.2) is 10.00 Å². The van der Waals surface area contributed by atoms with Gasteiger partial charge in [0, 0.05) is 0 Å². The summed E-state index contributed by atoms with van der Waals surface area (Å²) in [7, 11) is -2.86. The molecule has 0 aliphatic rings. The fourth-order valence-corrected chi connectivity index (χ4v) is 1.26. The molecule has 68 valence electrons. The molecule has 0 spiro atoms. The van der Waals surface area contributed by atoms with E-state index in [1.165, 1.54) is 0 Å². The minimum atomic E-state index is -2.86. The van der Waals surface area contributed by atoms with Gasteiger partial charge >= 0.3 is 31.0 Å². The van der Waals surface area contributed by atoms with Gasteiger partial charge in [-0.05, 0) is 5.56 Å². The maximum atomic E-state index is 10.4. The number of benzene rings is 1. The van der Waals surface area contributed by atoms with Gasteiger partial charge in [0.05, 0.1) is 0 Å². The number of aliphatic hydroxyl groups excluding tert-OH is 1. The predicted octanol–water partition coefficient (Wildman–Crippen LogP) is -1.58. The van der Waals surface area contributed by atoms with Crippen molar-refractivity contribution in [3.63, 3.8) is 0 Å². The molecule has 0 saturated heterocycles. The van der Waals surface area contributed by atoms with Crippen LogP contribution in [0.4, 0.5) is 0 Å². The minimum Gasteiger partial charge on any atom is -0.378 e. The molecule has 1 aromatic rings. The molecule has 0 amide bonds. The van der Waals surface area contributed by atoms with Gasteiger partial charge in [0.1, 0.15) is 0 Å². The van der Waals surface area contributed by atoms with E-state index in [1.807, 2.05) is 0 Å². The van der Waals surface area contributed by atoms with Crippen LogP contribution in [0, 0.1) is 0 Å². The van der Waals surface area contributed by atoms with Crippen molar-refractivity contribution in [1.82, 2.24) is 6.15 Å². The van der Waals surface area contributed by atoms with Gasteiger partial charge in [0.15, 0.2) is 5.85 Å². The fraction of sp³-hybridized carbons (Fsp3) is 0.143. The van der Waals surface area contributed by atoms with Gasteiger partial charge < -0.3 is 16.2 Å². The third-order valence-electron chi connectivity index (χ3n) is 1.35. The first-order chi connectivity index (χ1) is 5.22. The SMILES string of the molecule is N.O=[PH](O)C(O)c1ccccc1.[H+].[Na+]. The molecule has 2 atom stereocenters. The largest absolute Gasteiger partial charge is 1.00 e. The zero-order valence-corrected chi connectivity index (χ0v) is 10.5. The number of rotatable bonds is 2. The molecule has 0 aromatic heterocycles. The molecule has 0 fully saturated rings. The summed E-state index contributed by atoms with van der Waals surface area (Å²) in [5.41, 5.74) is 0.485. The molecule has 0 aliphatic carbocycles. The third-order valence-corrected chi connectivity index (χ3v) is 2.15. The molecule has 0 bridgehead atoms. The molecule has 1 aromatic carbocycles. The maximum Gasteiger partial charge on any atom is 1.00 e. The minimum absolute atomic E-state index is 0. The van der Waals surface area contributed by atoms with E-state index in [1.54, 1.807) is 30.3 Å². The van der Waals surface area contributed by atoms with Gasteiger partial charge in [-0.25, -0.2) is 0 Å². The Balaban J connectivity index is -0.000000403. The van der Waals surface area contributed by atoms with Crippen LogP contribution in [0.25, 0.3) is 0 Å².